The Labute approximate surface area is 248 Å². The number of Topliss-reactive ketones (excluding diaryl/α,β-unsaturated/α-hetero) is 1. The quantitative estimate of drug-likeness (QED) is 0.235. The highest BCUT2D eigenvalue weighted by Crippen LogP contribution is 2.43. The van der Waals surface area contributed by atoms with E-state index in [0.717, 1.165) is 30.8 Å². The van der Waals surface area contributed by atoms with E-state index in [4.69, 9.17) is 18.9 Å². The van der Waals surface area contributed by atoms with Crippen LogP contribution in [0, 0.1) is 5.92 Å². The molecule has 1 N–H and O–H groups in total. The summed E-state index contributed by atoms with van der Waals surface area (Å²) in [4.78, 5) is 30.9. The fourth-order valence-electron chi connectivity index (χ4n) is 5.74. The Morgan fingerprint density at radius 1 is 1.05 bits per heavy atom. The normalized spacial score (nSPS) is 22.0. The van der Waals surface area contributed by atoms with Crippen LogP contribution in [-0.4, -0.2) is 85.3 Å². The van der Waals surface area contributed by atoms with Crippen LogP contribution in [0.2, 0.25) is 0 Å². The molecule has 2 fully saturated rings. The molecule has 0 radical (unpaired) electrons. The molecule has 0 unspecified atom stereocenters. The number of carbonyl (C=O) groups is 2. The Balaban J connectivity index is 1.53. The molecule has 3 aliphatic rings. The number of benzene rings is 2. The van der Waals surface area contributed by atoms with Crippen LogP contribution in [0.15, 0.2) is 42.0 Å². The van der Waals surface area contributed by atoms with Crippen molar-refractivity contribution < 1.29 is 33.6 Å². The zero-order valence-corrected chi connectivity index (χ0v) is 25.1. The second kappa shape index (κ2) is 13.2. The second-order valence-electron chi connectivity index (χ2n) is 11.6. The van der Waals surface area contributed by atoms with Crippen LogP contribution in [0.1, 0.15) is 56.8 Å². The maximum atomic E-state index is 13.6. The summed E-state index contributed by atoms with van der Waals surface area (Å²) in [6, 6.07) is 10.1. The molecular formula is C33H42N2O7. The summed E-state index contributed by atoms with van der Waals surface area (Å²) < 4.78 is 23.3. The van der Waals surface area contributed by atoms with Gasteiger partial charge in [-0.1, -0.05) is 19.9 Å². The van der Waals surface area contributed by atoms with E-state index in [1.54, 1.807) is 11.0 Å². The number of ketones is 1. The lowest BCUT2D eigenvalue weighted by Crippen LogP contribution is -2.42. The molecule has 2 saturated heterocycles. The van der Waals surface area contributed by atoms with Crippen molar-refractivity contribution in [1.82, 2.24) is 9.80 Å². The topological polar surface area (TPSA) is 97.8 Å². The van der Waals surface area contributed by atoms with Gasteiger partial charge in [-0.3, -0.25) is 14.5 Å². The van der Waals surface area contributed by atoms with Crippen LogP contribution in [0.4, 0.5) is 0 Å². The second-order valence-corrected chi connectivity index (χ2v) is 11.6. The number of amides is 1. The number of carbonyl (C=O) groups excluding carboxylic acids is 2. The van der Waals surface area contributed by atoms with E-state index in [0.29, 0.717) is 74.5 Å². The maximum absolute atomic E-state index is 13.6. The summed E-state index contributed by atoms with van der Waals surface area (Å²) in [5.74, 6) is 0.921. The predicted molar refractivity (Wildman–Crippen MR) is 159 cm³/mol. The van der Waals surface area contributed by atoms with Crippen LogP contribution in [0.25, 0.3) is 5.76 Å². The lowest BCUT2D eigenvalue weighted by Gasteiger charge is -2.31. The summed E-state index contributed by atoms with van der Waals surface area (Å²) >= 11 is 0. The van der Waals surface area contributed by atoms with E-state index in [2.05, 4.69) is 18.7 Å². The minimum absolute atomic E-state index is 0.0430. The van der Waals surface area contributed by atoms with Gasteiger partial charge in [0.1, 0.15) is 17.6 Å². The molecule has 3 aliphatic heterocycles. The third-order valence-corrected chi connectivity index (χ3v) is 8.01. The number of hydrogen-bond donors (Lipinski definition) is 1. The number of aliphatic hydroxyl groups is 1. The molecule has 2 aromatic rings. The van der Waals surface area contributed by atoms with Gasteiger partial charge in [0.2, 0.25) is 0 Å². The molecular weight excluding hydrogens is 536 g/mol. The van der Waals surface area contributed by atoms with Crippen molar-refractivity contribution in [2.24, 2.45) is 5.92 Å². The van der Waals surface area contributed by atoms with Crippen molar-refractivity contribution >= 4 is 17.4 Å². The lowest BCUT2D eigenvalue weighted by atomic mass is 9.94. The summed E-state index contributed by atoms with van der Waals surface area (Å²) in [5, 5.41) is 11.6. The van der Waals surface area contributed by atoms with Crippen LogP contribution < -0.4 is 14.2 Å². The SMILES string of the molecule is CCOc1cc([C@H]2/C(=C(\O)c3ccc4c(c3)C[C@@H](C)O4)C(=O)C(=O)N2CCN2CCOCC2)ccc1OCCC(C)C. The van der Waals surface area contributed by atoms with Gasteiger partial charge in [0, 0.05) is 38.2 Å². The number of fused-ring (bicyclic) bond motifs is 1. The number of rotatable bonds is 11. The van der Waals surface area contributed by atoms with Gasteiger partial charge in [-0.25, -0.2) is 0 Å². The molecule has 9 nitrogen and oxygen atoms in total. The standard InChI is InChI=1S/C33H42N2O7/c1-5-40-28-20-23(6-9-27(28)41-15-10-21(2)3)30-29(31(36)24-7-8-26-25(19-24)18-22(4)42-26)32(37)33(38)35(30)12-11-34-13-16-39-17-14-34/h6-9,19-22,30,36H,5,10-18H2,1-4H3/b31-29+/t22-,30+/m1/s1. The fraction of sp³-hybridized carbons (Fsp3) is 0.515. The van der Waals surface area contributed by atoms with Crippen LogP contribution in [0.3, 0.4) is 0 Å². The lowest BCUT2D eigenvalue weighted by molar-refractivity contribution is -0.140. The van der Waals surface area contributed by atoms with E-state index in [-0.39, 0.29) is 17.4 Å². The van der Waals surface area contributed by atoms with Gasteiger partial charge in [0.05, 0.1) is 38.0 Å². The third kappa shape index (κ3) is 6.42. The largest absolute Gasteiger partial charge is 0.507 e. The number of morpholine rings is 1. The molecule has 2 atom stereocenters. The zero-order valence-electron chi connectivity index (χ0n) is 25.1. The van der Waals surface area contributed by atoms with E-state index < -0.39 is 17.7 Å². The Kier molecular flexibility index (Phi) is 9.38. The molecule has 1 amide bonds. The molecule has 226 valence electrons. The highest BCUT2D eigenvalue weighted by Gasteiger charge is 2.46. The summed E-state index contributed by atoms with van der Waals surface area (Å²) in [5.41, 5.74) is 2.20. The number of nitrogens with zero attached hydrogens (tertiary/aromatic N) is 2. The molecule has 3 heterocycles. The van der Waals surface area contributed by atoms with Crippen molar-refractivity contribution in [1.29, 1.82) is 0 Å². The molecule has 9 heteroatoms. The van der Waals surface area contributed by atoms with Gasteiger partial charge in [-0.15, -0.1) is 0 Å². The number of hydrogen-bond acceptors (Lipinski definition) is 8. The van der Waals surface area contributed by atoms with Crippen LogP contribution in [-0.2, 0) is 20.7 Å². The number of likely N-dealkylation sites (tertiary alicyclic amines) is 1. The van der Waals surface area contributed by atoms with Crippen molar-refractivity contribution in [2.45, 2.75) is 52.7 Å². The third-order valence-electron chi connectivity index (χ3n) is 8.01. The van der Waals surface area contributed by atoms with E-state index in [9.17, 15) is 14.7 Å². The highest BCUT2D eigenvalue weighted by molar-refractivity contribution is 6.46. The summed E-state index contributed by atoms with van der Waals surface area (Å²) in [7, 11) is 0. The van der Waals surface area contributed by atoms with Gasteiger partial charge in [-0.05, 0) is 67.6 Å². The molecule has 0 spiro atoms. The molecule has 0 aromatic heterocycles. The minimum atomic E-state index is -0.779. The molecule has 42 heavy (non-hydrogen) atoms. The molecule has 2 aromatic carbocycles. The monoisotopic (exact) mass is 578 g/mol. The minimum Gasteiger partial charge on any atom is -0.507 e. The Bertz CT molecular complexity index is 1330. The smallest absolute Gasteiger partial charge is 0.295 e. The molecule has 0 aliphatic carbocycles. The van der Waals surface area contributed by atoms with Crippen LogP contribution in [0.5, 0.6) is 17.2 Å². The Hall–Kier alpha value is -3.56. The highest BCUT2D eigenvalue weighted by atomic mass is 16.5. The Morgan fingerprint density at radius 2 is 1.83 bits per heavy atom. The first-order chi connectivity index (χ1) is 20.3. The van der Waals surface area contributed by atoms with E-state index in [1.165, 1.54) is 0 Å². The van der Waals surface area contributed by atoms with Crippen molar-refractivity contribution in [3.05, 3.63) is 58.7 Å². The van der Waals surface area contributed by atoms with E-state index in [1.807, 2.05) is 44.2 Å². The van der Waals surface area contributed by atoms with Gasteiger partial charge >= 0.3 is 0 Å². The maximum Gasteiger partial charge on any atom is 0.295 e. The average Bonchev–Trinajstić information content (AvgIpc) is 3.47. The zero-order chi connectivity index (χ0) is 29.8. The Morgan fingerprint density at radius 3 is 2.57 bits per heavy atom. The number of ether oxygens (including phenoxy) is 4. The predicted octanol–water partition coefficient (Wildman–Crippen LogP) is 4.59. The van der Waals surface area contributed by atoms with Crippen molar-refractivity contribution in [2.75, 3.05) is 52.6 Å². The summed E-state index contributed by atoms with van der Waals surface area (Å²) in [6.07, 6.45) is 1.66. The first kappa shape index (κ1) is 29.9. The average molecular weight is 579 g/mol. The summed E-state index contributed by atoms with van der Waals surface area (Å²) in [6.45, 7) is 12.9. The number of aliphatic hydroxyl groups excluding tert-OH is 1. The van der Waals surface area contributed by atoms with Crippen molar-refractivity contribution in [3.8, 4) is 17.2 Å². The first-order valence-corrected chi connectivity index (χ1v) is 15.0. The van der Waals surface area contributed by atoms with Gasteiger partial charge in [-0.2, -0.15) is 0 Å². The van der Waals surface area contributed by atoms with Crippen molar-refractivity contribution in [3.63, 3.8) is 0 Å². The van der Waals surface area contributed by atoms with Crippen LogP contribution >= 0.6 is 0 Å². The van der Waals surface area contributed by atoms with Gasteiger partial charge < -0.3 is 29.0 Å². The molecule has 5 rings (SSSR count). The first-order valence-electron chi connectivity index (χ1n) is 15.0. The fourth-order valence-corrected chi connectivity index (χ4v) is 5.74. The van der Waals surface area contributed by atoms with Gasteiger partial charge in [0.25, 0.3) is 11.7 Å². The molecule has 0 bridgehead atoms. The van der Waals surface area contributed by atoms with Gasteiger partial charge in [0.15, 0.2) is 11.5 Å². The van der Waals surface area contributed by atoms with E-state index >= 15 is 0 Å². The molecule has 0 saturated carbocycles.